The Morgan fingerprint density at radius 1 is 1.00 bits per heavy atom. The predicted octanol–water partition coefficient (Wildman–Crippen LogP) is 2.92. The molecule has 0 aromatic heterocycles. The molecule has 130 valence electrons. The molecule has 7 heteroatoms. The summed E-state index contributed by atoms with van der Waals surface area (Å²) in [5, 5.41) is 0.391. The third kappa shape index (κ3) is 4.42. The molecule has 0 unspecified atom stereocenters. The van der Waals surface area contributed by atoms with E-state index in [0.29, 0.717) is 41.0 Å². The number of hydrogen-bond donors (Lipinski definition) is 0. The van der Waals surface area contributed by atoms with Crippen molar-refractivity contribution in [2.45, 2.75) is 0 Å². The SMILES string of the molecule is O=C(COc1ccccc1Cl)OCC(=O)c1ccc2c(c1)OCCO2. The smallest absolute Gasteiger partial charge is 0.344 e. The Morgan fingerprint density at radius 2 is 1.76 bits per heavy atom. The number of ketones is 1. The molecular weight excluding hydrogens is 348 g/mol. The van der Waals surface area contributed by atoms with Gasteiger partial charge >= 0.3 is 5.97 Å². The van der Waals surface area contributed by atoms with Gasteiger partial charge < -0.3 is 18.9 Å². The van der Waals surface area contributed by atoms with Crippen molar-refractivity contribution in [3.8, 4) is 17.2 Å². The van der Waals surface area contributed by atoms with Crippen molar-refractivity contribution in [1.29, 1.82) is 0 Å². The van der Waals surface area contributed by atoms with E-state index in [0.717, 1.165) is 0 Å². The summed E-state index contributed by atoms with van der Waals surface area (Å²) < 4.78 is 21.0. The molecule has 0 spiro atoms. The van der Waals surface area contributed by atoms with Crippen molar-refractivity contribution in [2.75, 3.05) is 26.4 Å². The number of halogens is 1. The number of carbonyl (C=O) groups excluding carboxylic acids is 2. The first-order valence-corrected chi connectivity index (χ1v) is 7.97. The Kier molecular flexibility index (Phi) is 5.40. The van der Waals surface area contributed by atoms with Crippen LogP contribution in [0.2, 0.25) is 5.02 Å². The van der Waals surface area contributed by atoms with Gasteiger partial charge in [0.2, 0.25) is 0 Å². The third-order valence-electron chi connectivity index (χ3n) is 3.41. The van der Waals surface area contributed by atoms with Crippen LogP contribution in [0.1, 0.15) is 10.4 Å². The van der Waals surface area contributed by atoms with Gasteiger partial charge in [-0.2, -0.15) is 0 Å². The first-order chi connectivity index (χ1) is 12.1. The monoisotopic (exact) mass is 362 g/mol. The number of esters is 1. The van der Waals surface area contributed by atoms with E-state index in [1.54, 1.807) is 42.5 Å². The number of para-hydroxylation sites is 1. The van der Waals surface area contributed by atoms with Crippen molar-refractivity contribution in [3.05, 3.63) is 53.1 Å². The summed E-state index contributed by atoms with van der Waals surface area (Å²) in [6.45, 7) is 0.185. The Labute approximate surface area is 149 Å². The molecular formula is C18H15ClO6. The second-order valence-corrected chi connectivity index (χ2v) is 5.57. The quantitative estimate of drug-likeness (QED) is 0.581. The Hall–Kier alpha value is -2.73. The molecule has 1 aliphatic heterocycles. The zero-order valence-electron chi connectivity index (χ0n) is 13.2. The fourth-order valence-electron chi connectivity index (χ4n) is 2.19. The van der Waals surface area contributed by atoms with Crippen LogP contribution in [0.3, 0.4) is 0 Å². The maximum atomic E-state index is 12.1. The summed E-state index contributed by atoms with van der Waals surface area (Å²) in [6.07, 6.45) is 0. The summed E-state index contributed by atoms with van der Waals surface area (Å²) in [7, 11) is 0. The highest BCUT2D eigenvalue weighted by Crippen LogP contribution is 2.30. The van der Waals surface area contributed by atoms with Crippen LogP contribution < -0.4 is 14.2 Å². The van der Waals surface area contributed by atoms with E-state index in [4.69, 9.17) is 30.5 Å². The minimum atomic E-state index is -0.661. The van der Waals surface area contributed by atoms with Gasteiger partial charge in [-0.05, 0) is 30.3 Å². The van der Waals surface area contributed by atoms with Crippen LogP contribution in [0, 0.1) is 0 Å². The number of rotatable bonds is 6. The van der Waals surface area contributed by atoms with Crippen molar-refractivity contribution in [2.24, 2.45) is 0 Å². The van der Waals surface area contributed by atoms with Gasteiger partial charge in [-0.25, -0.2) is 4.79 Å². The molecule has 6 nitrogen and oxygen atoms in total. The van der Waals surface area contributed by atoms with Crippen molar-refractivity contribution in [1.82, 2.24) is 0 Å². The number of benzene rings is 2. The zero-order valence-corrected chi connectivity index (χ0v) is 14.0. The largest absolute Gasteiger partial charge is 0.486 e. The molecule has 0 atom stereocenters. The number of fused-ring (bicyclic) bond motifs is 1. The van der Waals surface area contributed by atoms with E-state index >= 15 is 0 Å². The van der Waals surface area contributed by atoms with Crippen LogP contribution in [0.15, 0.2) is 42.5 Å². The number of ether oxygens (including phenoxy) is 4. The summed E-state index contributed by atoms with van der Waals surface area (Å²) in [6, 6.07) is 11.6. The van der Waals surface area contributed by atoms with Gasteiger partial charge in [0.15, 0.2) is 30.5 Å². The molecule has 0 aliphatic carbocycles. The topological polar surface area (TPSA) is 71.1 Å². The van der Waals surface area contributed by atoms with Crippen LogP contribution in [-0.4, -0.2) is 38.2 Å². The van der Waals surface area contributed by atoms with Crippen molar-refractivity contribution in [3.63, 3.8) is 0 Å². The van der Waals surface area contributed by atoms with Gasteiger partial charge in [-0.3, -0.25) is 4.79 Å². The van der Waals surface area contributed by atoms with E-state index in [2.05, 4.69) is 0 Å². The minimum absolute atomic E-state index is 0.335. The second kappa shape index (κ2) is 7.90. The molecule has 2 aromatic rings. The van der Waals surface area contributed by atoms with E-state index in [9.17, 15) is 9.59 Å². The molecule has 0 radical (unpaired) electrons. The third-order valence-corrected chi connectivity index (χ3v) is 3.72. The molecule has 1 heterocycles. The maximum Gasteiger partial charge on any atom is 0.344 e. The van der Waals surface area contributed by atoms with E-state index in [-0.39, 0.29) is 19.0 Å². The summed E-state index contributed by atoms with van der Waals surface area (Å²) in [5.74, 6) is 0.464. The van der Waals surface area contributed by atoms with Gasteiger partial charge in [0.05, 0.1) is 5.02 Å². The van der Waals surface area contributed by atoms with E-state index in [1.807, 2.05) is 0 Å². The summed E-state index contributed by atoms with van der Waals surface area (Å²) in [5.41, 5.74) is 0.379. The lowest BCUT2D eigenvalue weighted by Crippen LogP contribution is -2.20. The molecule has 25 heavy (non-hydrogen) atoms. The highest BCUT2D eigenvalue weighted by molar-refractivity contribution is 6.32. The fourth-order valence-corrected chi connectivity index (χ4v) is 2.38. The highest BCUT2D eigenvalue weighted by Gasteiger charge is 2.16. The number of hydrogen-bond acceptors (Lipinski definition) is 6. The van der Waals surface area contributed by atoms with Gasteiger partial charge in [0.1, 0.15) is 19.0 Å². The second-order valence-electron chi connectivity index (χ2n) is 5.16. The standard InChI is InChI=1S/C18H15ClO6/c19-13-3-1-2-4-15(13)24-11-18(21)25-10-14(20)12-5-6-16-17(9-12)23-8-7-22-16/h1-6,9H,7-8,10-11H2. The van der Waals surface area contributed by atoms with Gasteiger partial charge in [-0.1, -0.05) is 23.7 Å². The van der Waals surface area contributed by atoms with Gasteiger partial charge in [0, 0.05) is 5.56 Å². The molecule has 3 rings (SSSR count). The van der Waals surface area contributed by atoms with Crippen LogP contribution in [0.4, 0.5) is 0 Å². The van der Waals surface area contributed by atoms with E-state index < -0.39 is 5.97 Å². The molecule has 1 aliphatic rings. The van der Waals surface area contributed by atoms with E-state index in [1.165, 1.54) is 0 Å². The van der Waals surface area contributed by atoms with Gasteiger partial charge in [-0.15, -0.1) is 0 Å². The lowest BCUT2D eigenvalue weighted by atomic mass is 10.1. The Morgan fingerprint density at radius 3 is 2.56 bits per heavy atom. The lowest BCUT2D eigenvalue weighted by Gasteiger charge is -2.18. The lowest BCUT2D eigenvalue weighted by molar-refractivity contribution is -0.144. The maximum absolute atomic E-state index is 12.1. The molecule has 0 bridgehead atoms. The average molecular weight is 363 g/mol. The first-order valence-electron chi connectivity index (χ1n) is 7.59. The molecule has 0 saturated carbocycles. The molecule has 0 saturated heterocycles. The first kappa shape index (κ1) is 17.1. The van der Waals surface area contributed by atoms with Crippen LogP contribution >= 0.6 is 11.6 Å². The fraction of sp³-hybridized carbons (Fsp3) is 0.222. The minimum Gasteiger partial charge on any atom is -0.486 e. The van der Waals surface area contributed by atoms with Crippen molar-refractivity contribution >= 4 is 23.4 Å². The van der Waals surface area contributed by atoms with Crippen LogP contribution in [-0.2, 0) is 9.53 Å². The summed E-state index contributed by atoms with van der Waals surface area (Å²) >= 11 is 5.92. The average Bonchev–Trinajstić information content (AvgIpc) is 2.65. The Balaban J connectivity index is 1.50. The van der Waals surface area contributed by atoms with Crippen LogP contribution in [0.5, 0.6) is 17.2 Å². The summed E-state index contributed by atoms with van der Waals surface area (Å²) in [4.78, 5) is 23.8. The normalized spacial score (nSPS) is 12.4. The molecule has 2 aromatic carbocycles. The molecule has 0 amide bonds. The van der Waals surface area contributed by atoms with Gasteiger partial charge in [0.25, 0.3) is 0 Å². The zero-order chi connectivity index (χ0) is 17.6. The Bertz CT molecular complexity index is 789. The predicted molar refractivity (Wildman–Crippen MR) is 89.7 cm³/mol. The number of Topliss-reactive ketones (excluding diaryl/α,β-unsaturated/α-hetero) is 1. The number of carbonyl (C=O) groups is 2. The molecule has 0 N–H and O–H groups in total. The highest BCUT2D eigenvalue weighted by atomic mass is 35.5. The van der Waals surface area contributed by atoms with Crippen molar-refractivity contribution < 1.29 is 28.5 Å². The molecule has 0 fully saturated rings. The van der Waals surface area contributed by atoms with Crippen LogP contribution in [0.25, 0.3) is 0 Å².